The van der Waals surface area contributed by atoms with Crippen LogP contribution in [-0.2, 0) is 19.7 Å². The molecule has 0 aliphatic heterocycles. The molecule has 2 aromatic carbocycles. The molecule has 0 N–H and O–H groups in total. The number of allylic oxidation sites excluding steroid dienone is 2. The van der Waals surface area contributed by atoms with E-state index in [1.54, 1.807) is 60.7 Å². The first kappa shape index (κ1) is 20.7. The number of hydrogen-bond donors (Lipinski definition) is 0. The summed E-state index contributed by atoms with van der Waals surface area (Å²) < 4.78 is 55.8. The third-order valence-electron chi connectivity index (χ3n) is 9.02. The van der Waals surface area contributed by atoms with Crippen molar-refractivity contribution in [2.75, 3.05) is 0 Å². The van der Waals surface area contributed by atoms with Gasteiger partial charge in [0.2, 0.25) is 0 Å². The van der Waals surface area contributed by atoms with Gasteiger partial charge in [-0.3, -0.25) is 0 Å². The van der Waals surface area contributed by atoms with Crippen LogP contribution in [0.25, 0.3) is 0 Å². The van der Waals surface area contributed by atoms with Gasteiger partial charge in [0, 0.05) is 0 Å². The highest BCUT2D eigenvalue weighted by atomic mass is 32.2. The van der Waals surface area contributed by atoms with Crippen LogP contribution in [0.3, 0.4) is 0 Å². The van der Waals surface area contributed by atoms with Crippen LogP contribution in [0.15, 0.2) is 81.6 Å². The minimum absolute atomic E-state index is 0.179. The zero-order valence-electron chi connectivity index (χ0n) is 18.3. The molecule has 2 saturated carbocycles. The summed E-state index contributed by atoms with van der Waals surface area (Å²) >= 11 is 0. The number of benzene rings is 2. The van der Waals surface area contributed by atoms with Crippen LogP contribution in [0.4, 0.5) is 0 Å². The van der Waals surface area contributed by atoms with Gasteiger partial charge in [0.15, 0.2) is 19.7 Å². The molecule has 6 atom stereocenters. The quantitative estimate of drug-likeness (QED) is 0.611. The highest BCUT2D eigenvalue weighted by Gasteiger charge is 2.67. The normalized spacial score (nSPS) is 34.8. The Hall–Kier alpha value is -1.92. The SMILES string of the molecule is CC1(C)[C@H]2CC3=C([C@H]4C[C@H]3[C@@H](S(=O)(=O)c3ccccc3)[C@H]4S(=O)(=O)c3ccccc3)[C@H]1C2. The number of hydrogen-bond acceptors (Lipinski definition) is 4. The monoisotopic (exact) mass is 468 g/mol. The molecule has 0 spiro atoms. The Bertz CT molecular complexity index is 1320. The molecule has 0 heterocycles. The minimum Gasteiger partial charge on any atom is -0.223 e. The number of rotatable bonds is 4. The van der Waals surface area contributed by atoms with E-state index in [0.717, 1.165) is 12.8 Å². The maximum atomic E-state index is 14.0. The van der Waals surface area contributed by atoms with Gasteiger partial charge in [0.05, 0.1) is 20.3 Å². The molecule has 0 aromatic heterocycles. The van der Waals surface area contributed by atoms with E-state index in [1.807, 2.05) is 0 Å². The molecule has 2 fully saturated rings. The standard InChI is InChI=1S/C26H28O4S2/c1-26(2)16-13-19-20-15-21(23(19)22(26)14-16)25(32(29,30)18-11-7-4-8-12-18)24(20)31(27,28)17-9-5-3-6-10-17/h3-12,16,20-22,24-25H,13-15H2,1-2H3/t16-,20+,21+,22+,24+,25-/m0/s1. The predicted octanol–water partition coefficient (Wildman–Crippen LogP) is 4.68. The Morgan fingerprint density at radius 2 is 1.22 bits per heavy atom. The fourth-order valence-corrected chi connectivity index (χ4v) is 12.4. The second-order valence-corrected chi connectivity index (χ2v) is 14.8. The molecule has 2 aromatic rings. The zero-order chi connectivity index (χ0) is 22.5. The molecule has 4 bridgehead atoms. The Labute approximate surface area is 190 Å². The maximum Gasteiger partial charge on any atom is 0.183 e. The van der Waals surface area contributed by atoms with Crippen molar-refractivity contribution >= 4 is 19.7 Å². The van der Waals surface area contributed by atoms with E-state index < -0.39 is 30.2 Å². The number of sulfone groups is 2. The first-order valence-electron chi connectivity index (χ1n) is 11.5. The maximum absolute atomic E-state index is 14.0. The summed E-state index contributed by atoms with van der Waals surface area (Å²) in [5.74, 6) is 0.578. The van der Waals surface area contributed by atoms with Gasteiger partial charge in [0.1, 0.15) is 0 Å². The van der Waals surface area contributed by atoms with Crippen molar-refractivity contribution in [2.24, 2.45) is 29.1 Å². The van der Waals surface area contributed by atoms with Crippen LogP contribution in [0, 0.1) is 29.1 Å². The van der Waals surface area contributed by atoms with Crippen LogP contribution in [0.5, 0.6) is 0 Å². The van der Waals surface area contributed by atoms with E-state index in [9.17, 15) is 16.8 Å². The zero-order valence-corrected chi connectivity index (χ0v) is 19.9. The molecular formula is C26H28O4S2. The molecule has 7 rings (SSSR count). The lowest BCUT2D eigenvalue weighted by Gasteiger charge is -2.59. The first-order chi connectivity index (χ1) is 15.1. The molecule has 6 heteroatoms. The smallest absolute Gasteiger partial charge is 0.183 e. The predicted molar refractivity (Wildman–Crippen MR) is 123 cm³/mol. The Kier molecular flexibility index (Phi) is 4.24. The van der Waals surface area contributed by atoms with Crippen LogP contribution in [-0.4, -0.2) is 27.3 Å². The fourth-order valence-electron chi connectivity index (χ4n) is 7.32. The van der Waals surface area contributed by atoms with E-state index in [4.69, 9.17) is 0 Å². The molecule has 4 nitrogen and oxygen atoms in total. The van der Waals surface area contributed by atoms with Crippen molar-refractivity contribution in [1.82, 2.24) is 0 Å². The summed E-state index contributed by atoms with van der Waals surface area (Å²) in [6.07, 6.45) is 2.69. The van der Waals surface area contributed by atoms with Crippen molar-refractivity contribution in [2.45, 2.75) is 53.4 Å². The minimum atomic E-state index is -3.82. The summed E-state index contributed by atoms with van der Waals surface area (Å²) in [6, 6.07) is 16.8. The van der Waals surface area contributed by atoms with Crippen molar-refractivity contribution < 1.29 is 16.8 Å². The molecule has 168 valence electrons. The molecule has 0 radical (unpaired) electrons. The molecule has 5 aliphatic carbocycles. The van der Waals surface area contributed by atoms with E-state index in [-0.39, 0.29) is 27.0 Å². The third-order valence-corrected chi connectivity index (χ3v) is 13.7. The average Bonchev–Trinajstić information content (AvgIpc) is 3.38. The van der Waals surface area contributed by atoms with E-state index in [1.165, 1.54) is 11.1 Å². The highest BCUT2D eigenvalue weighted by molar-refractivity contribution is 7.96. The van der Waals surface area contributed by atoms with Crippen LogP contribution >= 0.6 is 0 Å². The number of fused-ring (bicyclic) bond motifs is 2. The van der Waals surface area contributed by atoms with Crippen LogP contribution < -0.4 is 0 Å². The van der Waals surface area contributed by atoms with Crippen molar-refractivity contribution in [3.05, 3.63) is 71.8 Å². The van der Waals surface area contributed by atoms with Gasteiger partial charge in [-0.05, 0) is 72.6 Å². The average molecular weight is 469 g/mol. The molecule has 5 aliphatic rings. The van der Waals surface area contributed by atoms with Crippen LogP contribution in [0.1, 0.15) is 33.1 Å². The molecule has 0 saturated heterocycles. The summed E-state index contributed by atoms with van der Waals surface area (Å²) in [7, 11) is -7.62. The lowest BCUT2D eigenvalue weighted by molar-refractivity contribution is -0.0165. The second-order valence-electron chi connectivity index (χ2n) is 10.6. The Morgan fingerprint density at radius 1 is 0.719 bits per heavy atom. The Morgan fingerprint density at radius 3 is 1.72 bits per heavy atom. The van der Waals surface area contributed by atoms with Gasteiger partial charge in [-0.25, -0.2) is 16.8 Å². The molecule has 0 amide bonds. The van der Waals surface area contributed by atoms with Gasteiger partial charge in [-0.2, -0.15) is 0 Å². The molecule has 0 unspecified atom stereocenters. The first-order valence-corrected chi connectivity index (χ1v) is 14.5. The van der Waals surface area contributed by atoms with Crippen LogP contribution in [0.2, 0.25) is 0 Å². The summed E-state index contributed by atoms with van der Waals surface area (Å²) in [5.41, 5.74) is 2.75. The highest BCUT2D eigenvalue weighted by Crippen LogP contribution is 2.70. The Balaban J connectivity index is 1.54. The largest absolute Gasteiger partial charge is 0.223 e. The fraction of sp³-hybridized carbons (Fsp3) is 0.462. The van der Waals surface area contributed by atoms with E-state index in [2.05, 4.69) is 13.8 Å². The lowest BCUT2D eigenvalue weighted by atomic mass is 9.46. The van der Waals surface area contributed by atoms with Crippen molar-refractivity contribution in [1.29, 1.82) is 0 Å². The van der Waals surface area contributed by atoms with E-state index >= 15 is 0 Å². The topological polar surface area (TPSA) is 68.3 Å². The summed E-state index contributed by atoms with van der Waals surface area (Å²) in [6.45, 7) is 4.58. The van der Waals surface area contributed by atoms with Gasteiger partial charge < -0.3 is 0 Å². The van der Waals surface area contributed by atoms with Crippen molar-refractivity contribution in [3.8, 4) is 0 Å². The van der Waals surface area contributed by atoms with Gasteiger partial charge in [-0.1, -0.05) is 61.4 Å². The summed E-state index contributed by atoms with van der Waals surface area (Å²) in [4.78, 5) is 0.462. The van der Waals surface area contributed by atoms with Gasteiger partial charge in [-0.15, -0.1) is 0 Å². The third kappa shape index (κ3) is 2.54. The molecular weight excluding hydrogens is 440 g/mol. The molecule has 32 heavy (non-hydrogen) atoms. The van der Waals surface area contributed by atoms with Gasteiger partial charge >= 0.3 is 0 Å². The second kappa shape index (κ2) is 6.57. The lowest BCUT2D eigenvalue weighted by Crippen LogP contribution is -2.54. The summed E-state index contributed by atoms with van der Waals surface area (Å²) in [5, 5.41) is -1.84. The van der Waals surface area contributed by atoms with Crippen molar-refractivity contribution in [3.63, 3.8) is 0 Å². The van der Waals surface area contributed by atoms with Gasteiger partial charge in [0.25, 0.3) is 0 Å². The van der Waals surface area contributed by atoms with E-state index in [0.29, 0.717) is 18.3 Å².